The van der Waals surface area contributed by atoms with E-state index >= 15 is 0 Å². The van der Waals surface area contributed by atoms with Gasteiger partial charge >= 0.3 is 0 Å². The van der Waals surface area contributed by atoms with Gasteiger partial charge in [-0.3, -0.25) is 0 Å². The van der Waals surface area contributed by atoms with Gasteiger partial charge in [-0.1, -0.05) is 12.1 Å². The zero-order valence-electron chi connectivity index (χ0n) is 10.3. The molecular formula is C14H18O3. The van der Waals surface area contributed by atoms with Gasteiger partial charge in [0.1, 0.15) is 5.60 Å². The van der Waals surface area contributed by atoms with Gasteiger partial charge in [0.2, 0.25) is 0 Å². The minimum atomic E-state index is -0.426. The fourth-order valence-electron chi connectivity index (χ4n) is 2.66. The molecule has 0 fully saturated rings. The van der Waals surface area contributed by atoms with Crippen molar-refractivity contribution in [3.8, 4) is 11.5 Å². The number of aliphatic hydroxyl groups excluding tert-OH is 1. The average Bonchev–Trinajstić information content (AvgIpc) is 2.45. The smallest absolute Gasteiger partial charge is 0.167 e. The lowest BCUT2D eigenvalue weighted by Crippen LogP contribution is -2.24. The number of ether oxygens (including phenoxy) is 2. The Bertz CT molecular complexity index is 451. The molecule has 1 N–H and O–H groups in total. The van der Waals surface area contributed by atoms with E-state index in [0.29, 0.717) is 6.61 Å². The topological polar surface area (TPSA) is 38.7 Å². The maximum atomic E-state index is 10.1. The Morgan fingerprint density at radius 2 is 2.12 bits per heavy atom. The molecule has 17 heavy (non-hydrogen) atoms. The number of fused-ring (bicyclic) bond motifs is 3. The second-order valence-corrected chi connectivity index (χ2v) is 5.52. The predicted octanol–water partition coefficient (Wildman–Crippen LogP) is 2.61. The molecule has 0 amide bonds. The van der Waals surface area contributed by atoms with Crippen molar-refractivity contribution < 1.29 is 14.6 Å². The molecule has 1 aromatic carbocycles. The Hall–Kier alpha value is -1.22. The van der Waals surface area contributed by atoms with Crippen molar-refractivity contribution >= 4 is 0 Å². The van der Waals surface area contributed by atoms with Crippen LogP contribution in [-0.2, 0) is 6.42 Å². The summed E-state index contributed by atoms with van der Waals surface area (Å²) in [5.41, 5.74) is 1.89. The average molecular weight is 234 g/mol. The van der Waals surface area contributed by atoms with Crippen LogP contribution in [0.3, 0.4) is 0 Å². The van der Waals surface area contributed by atoms with Crippen LogP contribution in [0.5, 0.6) is 11.5 Å². The first-order valence-corrected chi connectivity index (χ1v) is 6.22. The molecular weight excluding hydrogens is 216 g/mol. The molecule has 2 aliphatic heterocycles. The molecule has 2 heterocycles. The van der Waals surface area contributed by atoms with Crippen molar-refractivity contribution in [3.05, 3.63) is 23.3 Å². The van der Waals surface area contributed by atoms with Crippen LogP contribution in [-0.4, -0.2) is 17.3 Å². The Labute approximate surface area is 101 Å². The van der Waals surface area contributed by atoms with Crippen LogP contribution in [0.2, 0.25) is 0 Å². The van der Waals surface area contributed by atoms with E-state index in [1.165, 1.54) is 5.56 Å². The lowest BCUT2D eigenvalue weighted by Gasteiger charge is -2.19. The number of hydrogen-bond donors (Lipinski definition) is 1. The predicted molar refractivity (Wildman–Crippen MR) is 64.5 cm³/mol. The third kappa shape index (κ3) is 1.78. The molecule has 3 nitrogen and oxygen atoms in total. The maximum absolute atomic E-state index is 10.1. The normalized spacial score (nSPS) is 25.2. The minimum Gasteiger partial charge on any atom is -0.489 e. The van der Waals surface area contributed by atoms with Crippen LogP contribution in [0.15, 0.2) is 12.1 Å². The molecule has 0 bridgehead atoms. The molecule has 2 aliphatic rings. The summed E-state index contributed by atoms with van der Waals surface area (Å²) in [5.74, 6) is 1.60. The fraction of sp³-hybridized carbons (Fsp3) is 0.571. The highest BCUT2D eigenvalue weighted by Crippen LogP contribution is 2.47. The van der Waals surface area contributed by atoms with E-state index in [2.05, 4.69) is 19.9 Å². The lowest BCUT2D eigenvalue weighted by molar-refractivity contribution is 0.132. The second-order valence-electron chi connectivity index (χ2n) is 5.52. The first-order valence-electron chi connectivity index (χ1n) is 6.22. The van der Waals surface area contributed by atoms with E-state index in [1.54, 1.807) is 0 Å². The SMILES string of the molecule is CC1(C)Cc2ccc3c(c2O1)OCCCC3O. The summed E-state index contributed by atoms with van der Waals surface area (Å²) in [6.45, 7) is 4.81. The molecule has 1 aromatic rings. The Morgan fingerprint density at radius 3 is 2.94 bits per heavy atom. The Morgan fingerprint density at radius 1 is 1.29 bits per heavy atom. The van der Waals surface area contributed by atoms with Crippen molar-refractivity contribution in [3.63, 3.8) is 0 Å². The van der Waals surface area contributed by atoms with E-state index in [9.17, 15) is 5.11 Å². The van der Waals surface area contributed by atoms with Crippen LogP contribution >= 0.6 is 0 Å². The fourth-order valence-corrected chi connectivity index (χ4v) is 2.66. The van der Waals surface area contributed by atoms with Crippen LogP contribution < -0.4 is 9.47 Å². The van der Waals surface area contributed by atoms with Gasteiger partial charge in [0.25, 0.3) is 0 Å². The third-order valence-corrected chi connectivity index (χ3v) is 3.45. The number of benzene rings is 1. The van der Waals surface area contributed by atoms with E-state index in [-0.39, 0.29) is 5.60 Å². The Kier molecular flexibility index (Phi) is 2.33. The Balaban J connectivity index is 2.10. The molecule has 0 saturated carbocycles. The van der Waals surface area contributed by atoms with Crippen molar-refractivity contribution in [2.24, 2.45) is 0 Å². The highest BCUT2D eigenvalue weighted by atomic mass is 16.5. The molecule has 0 aliphatic carbocycles. The first-order chi connectivity index (χ1) is 8.07. The second kappa shape index (κ2) is 3.64. The van der Waals surface area contributed by atoms with Crippen LogP contribution in [0.25, 0.3) is 0 Å². The first kappa shape index (κ1) is 10.9. The van der Waals surface area contributed by atoms with E-state index in [0.717, 1.165) is 36.3 Å². The molecule has 0 aromatic heterocycles. The zero-order valence-corrected chi connectivity index (χ0v) is 10.3. The summed E-state index contributed by atoms with van der Waals surface area (Å²) in [5, 5.41) is 10.1. The summed E-state index contributed by atoms with van der Waals surface area (Å²) < 4.78 is 11.7. The largest absolute Gasteiger partial charge is 0.489 e. The van der Waals surface area contributed by atoms with Gasteiger partial charge in [-0.15, -0.1) is 0 Å². The van der Waals surface area contributed by atoms with Crippen LogP contribution in [0, 0.1) is 0 Å². The number of rotatable bonds is 0. The van der Waals surface area contributed by atoms with Gasteiger partial charge < -0.3 is 14.6 Å². The van der Waals surface area contributed by atoms with E-state index in [1.807, 2.05) is 6.07 Å². The van der Waals surface area contributed by atoms with Crippen molar-refractivity contribution in [2.45, 2.75) is 44.8 Å². The van der Waals surface area contributed by atoms with Gasteiger partial charge in [-0.05, 0) is 26.7 Å². The van der Waals surface area contributed by atoms with E-state index in [4.69, 9.17) is 9.47 Å². The molecule has 1 unspecified atom stereocenters. The van der Waals surface area contributed by atoms with E-state index < -0.39 is 6.10 Å². The summed E-state index contributed by atoms with van der Waals surface area (Å²) in [6.07, 6.45) is 2.11. The van der Waals surface area contributed by atoms with Crippen LogP contribution in [0.4, 0.5) is 0 Å². The highest BCUT2D eigenvalue weighted by Gasteiger charge is 2.35. The molecule has 1 atom stereocenters. The van der Waals surface area contributed by atoms with Gasteiger partial charge in [0, 0.05) is 17.5 Å². The summed E-state index contributed by atoms with van der Waals surface area (Å²) in [4.78, 5) is 0. The molecule has 0 spiro atoms. The molecule has 3 heteroatoms. The summed E-state index contributed by atoms with van der Waals surface area (Å²) >= 11 is 0. The maximum Gasteiger partial charge on any atom is 0.167 e. The molecule has 0 radical (unpaired) electrons. The van der Waals surface area contributed by atoms with Crippen molar-refractivity contribution in [1.82, 2.24) is 0 Å². The van der Waals surface area contributed by atoms with Crippen molar-refractivity contribution in [1.29, 1.82) is 0 Å². The third-order valence-electron chi connectivity index (χ3n) is 3.45. The summed E-state index contributed by atoms with van der Waals surface area (Å²) in [7, 11) is 0. The molecule has 3 rings (SSSR count). The highest BCUT2D eigenvalue weighted by molar-refractivity contribution is 5.55. The van der Waals surface area contributed by atoms with Gasteiger partial charge in [-0.25, -0.2) is 0 Å². The quantitative estimate of drug-likeness (QED) is 0.750. The molecule has 0 saturated heterocycles. The van der Waals surface area contributed by atoms with Crippen molar-refractivity contribution in [2.75, 3.05) is 6.61 Å². The molecule has 92 valence electrons. The number of aliphatic hydroxyl groups is 1. The number of hydrogen-bond acceptors (Lipinski definition) is 3. The van der Waals surface area contributed by atoms with Gasteiger partial charge in [0.05, 0.1) is 12.7 Å². The summed E-state index contributed by atoms with van der Waals surface area (Å²) in [6, 6.07) is 4.04. The lowest BCUT2D eigenvalue weighted by atomic mass is 9.98. The zero-order chi connectivity index (χ0) is 12.0. The monoisotopic (exact) mass is 234 g/mol. The van der Waals surface area contributed by atoms with Gasteiger partial charge in [0.15, 0.2) is 11.5 Å². The van der Waals surface area contributed by atoms with Crippen LogP contribution in [0.1, 0.15) is 43.9 Å². The van der Waals surface area contributed by atoms with Gasteiger partial charge in [-0.2, -0.15) is 0 Å². The minimum absolute atomic E-state index is 0.169. The standard InChI is InChI=1S/C14H18O3/c1-14(2)8-9-5-6-10-11(15)4-3-7-16-13(10)12(9)17-14/h5-6,11,15H,3-4,7-8H2,1-2H3.